The summed E-state index contributed by atoms with van der Waals surface area (Å²) in [4.78, 5) is 11.8. The van der Waals surface area contributed by atoms with E-state index in [1.807, 2.05) is 60.7 Å². The molecule has 0 aromatic heterocycles. The van der Waals surface area contributed by atoms with E-state index < -0.39 is 6.04 Å². The summed E-state index contributed by atoms with van der Waals surface area (Å²) in [6.45, 7) is 0. The van der Waals surface area contributed by atoms with Crippen LogP contribution in [0.2, 0.25) is 0 Å². The summed E-state index contributed by atoms with van der Waals surface area (Å²) in [5.74, 6) is -0.286. The van der Waals surface area contributed by atoms with E-state index in [0.717, 1.165) is 16.8 Å². The zero-order valence-electron chi connectivity index (χ0n) is 10.2. The van der Waals surface area contributed by atoms with Crippen LogP contribution < -0.4 is 5.32 Å². The molecule has 2 aromatic carbocycles. The summed E-state index contributed by atoms with van der Waals surface area (Å²) >= 11 is 0. The monoisotopic (exact) mass is 251 g/mol. The molecule has 1 N–H and O–H groups in total. The van der Waals surface area contributed by atoms with Gasteiger partial charge in [0.1, 0.15) is 6.26 Å². The first-order valence-corrected chi connectivity index (χ1v) is 6.12. The molecule has 1 aliphatic heterocycles. The first-order chi connectivity index (χ1) is 9.34. The Labute approximate surface area is 111 Å². The first-order valence-electron chi connectivity index (χ1n) is 6.12. The van der Waals surface area contributed by atoms with E-state index >= 15 is 0 Å². The molecule has 1 aliphatic rings. The third-order valence-corrected chi connectivity index (χ3v) is 3.05. The highest BCUT2D eigenvalue weighted by Gasteiger charge is 2.26. The average Bonchev–Trinajstić information content (AvgIpc) is 2.49. The lowest BCUT2D eigenvalue weighted by atomic mass is 10.0. The van der Waals surface area contributed by atoms with Gasteiger partial charge in [0.15, 0.2) is 6.04 Å². The second-order valence-corrected chi connectivity index (χ2v) is 4.32. The van der Waals surface area contributed by atoms with Gasteiger partial charge in [-0.3, -0.25) is 0 Å². The van der Waals surface area contributed by atoms with E-state index in [2.05, 4.69) is 5.32 Å². The van der Waals surface area contributed by atoms with Crippen molar-refractivity contribution in [2.45, 2.75) is 6.04 Å². The van der Waals surface area contributed by atoms with Crippen molar-refractivity contribution < 1.29 is 9.53 Å². The summed E-state index contributed by atoms with van der Waals surface area (Å²) in [6, 6.07) is 18.9. The second kappa shape index (κ2) is 4.98. The summed E-state index contributed by atoms with van der Waals surface area (Å²) in [6.07, 6.45) is 1.47. The van der Waals surface area contributed by atoms with Crippen LogP contribution >= 0.6 is 0 Å². The fraction of sp³-hybridized carbons (Fsp3) is 0.0625. The maximum atomic E-state index is 11.8. The van der Waals surface area contributed by atoms with Crippen LogP contribution in [0, 0.1) is 0 Å². The smallest absolute Gasteiger partial charge is 0.338 e. The quantitative estimate of drug-likeness (QED) is 0.834. The molecule has 0 amide bonds. The Hall–Kier alpha value is -2.55. The van der Waals surface area contributed by atoms with E-state index in [4.69, 9.17) is 4.74 Å². The number of cyclic esters (lactones) is 1. The van der Waals surface area contributed by atoms with Crippen molar-refractivity contribution in [3.8, 4) is 0 Å². The number of esters is 1. The van der Waals surface area contributed by atoms with E-state index in [1.54, 1.807) is 0 Å². The fourth-order valence-electron chi connectivity index (χ4n) is 2.07. The van der Waals surface area contributed by atoms with Crippen molar-refractivity contribution in [3.05, 3.63) is 78.1 Å². The Kier molecular flexibility index (Phi) is 3.02. The average molecular weight is 251 g/mol. The molecule has 3 rings (SSSR count). The molecule has 3 nitrogen and oxygen atoms in total. The number of benzene rings is 2. The van der Waals surface area contributed by atoms with Crippen molar-refractivity contribution in [2.24, 2.45) is 0 Å². The van der Waals surface area contributed by atoms with Gasteiger partial charge in [0.05, 0.1) is 5.70 Å². The zero-order valence-corrected chi connectivity index (χ0v) is 10.2. The van der Waals surface area contributed by atoms with Gasteiger partial charge in [-0.2, -0.15) is 0 Å². The van der Waals surface area contributed by atoms with Gasteiger partial charge >= 0.3 is 5.97 Å². The molecule has 0 fully saturated rings. The van der Waals surface area contributed by atoms with E-state index in [0.29, 0.717) is 0 Å². The van der Waals surface area contributed by atoms with E-state index in [-0.39, 0.29) is 5.97 Å². The Morgan fingerprint density at radius 2 is 1.53 bits per heavy atom. The van der Waals surface area contributed by atoms with Gasteiger partial charge < -0.3 is 10.1 Å². The summed E-state index contributed by atoms with van der Waals surface area (Å²) in [5, 5.41) is 3.22. The Morgan fingerprint density at radius 1 is 0.895 bits per heavy atom. The summed E-state index contributed by atoms with van der Waals surface area (Å²) < 4.78 is 5.15. The third-order valence-electron chi connectivity index (χ3n) is 3.05. The number of hydrogen-bond donors (Lipinski definition) is 1. The molecule has 94 valence electrons. The van der Waals surface area contributed by atoms with Crippen LogP contribution in [0.25, 0.3) is 5.70 Å². The Morgan fingerprint density at radius 3 is 2.21 bits per heavy atom. The molecule has 0 spiro atoms. The lowest BCUT2D eigenvalue weighted by Crippen LogP contribution is -2.32. The van der Waals surface area contributed by atoms with Crippen LogP contribution in [-0.2, 0) is 9.53 Å². The van der Waals surface area contributed by atoms with Crippen molar-refractivity contribution >= 4 is 11.7 Å². The highest BCUT2D eigenvalue weighted by Crippen LogP contribution is 2.24. The van der Waals surface area contributed by atoms with Gasteiger partial charge in [0.25, 0.3) is 0 Å². The molecule has 2 aromatic rings. The van der Waals surface area contributed by atoms with Gasteiger partial charge in [-0.05, 0) is 5.56 Å². The highest BCUT2D eigenvalue weighted by molar-refractivity contribution is 5.84. The number of rotatable bonds is 2. The fourth-order valence-corrected chi connectivity index (χ4v) is 2.07. The first kappa shape index (κ1) is 11.5. The van der Waals surface area contributed by atoms with Gasteiger partial charge in [-0.25, -0.2) is 4.79 Å². The molecule has 0 aliphatic carbocycles. The van der Waals surface area contributed by atoms with E-state index in [9.17, 15) is 4.79 Å². The molecule has 0 radical (unpaired) electrons. The van der Waals surface area contributed by atoms with E-state index in [1.165, 1.54) is 6.26 Å². The van der Waals surface area contributed by atoms with Crippen LogP contribution in [0.5, 0.6) is 0 Å². The van der Waals surface area contributed by atoms with Crippen molar-refractivity contribution in [2.75, 3.05) is 0 Å². The topological polar surface area (TPSA) is 38.3 Å². The maximum Gasteiger partial charge on any atom is 0.338 e. The lowest BCUT2D eigenvalue weighted by molar-refractivity contribution is -0.141. The zero-order chi connectivity index (χ0) is 13.1. The number of nitrogens with one attached hydrogen (secondary N) is 1. The van der Waals surface area contributed by atoms with Gasteiger partial charge in [0, 0.05) is 5.56 Å². The van der Waals surface area contributed by atoms with Gasteiger partial charge in [-0.1, -0.05) is 60.7 Å². The molecule has 3 heteroatoms. The molecule has 0 saturated heterocycles. The normalized spacial score (nSPS) is 18.2. The molecular weight excluding hydrogens is 238 g/mol. The summed E-state index contributed by atoms with van der Waals surface area (Å²) in [5.41, 5.74) is 2.71. The minimum absolute atomic E-state index is 0.286. The predicted octanol–water partition coefficient (Wildman–Crippen LogP) is 2.87. The highest BCUT2D eigenvalue weighted by atomic mass is 16.5. The molecule has 19 heavy (non-hydrogen) atoms. The molecule has 0 saturated carbocycles. The minimum Gasteiger partial charge on any atom is -0.430 e. The Bertz CT molecular complexity index is 605. The Balaban J connectivity index is 1.90. The van der Waals surface area contributed by atoms with Crippen LogP contribution in [-0.4, -0.2) is 5.97 Å². The number of hydrogen-bond acceptors (Lipinski definition) is 3. The third kappa shape index (κ3) is 2.36. The minimum atomic E-state index is -0.457. The lowest BCUT2D eigenvalue weighted by Gasteiger charge is -2.24. The number of ether oxygens (including phenoxy) is 1. The van der Waals surface area contributed by atoms with Gasteiger partial charge in [0.2, 0.25) is 0 Å². The summed E-state index contributed by atoms with van der Waals surface area (Å²) in [7, 11) is 0. The van der Waals surface area contributed by atoms with Gasteiger partial charge in [-0.15, -0.1) is 0 Å². The molecule has 1 heterocycles. The largest absolute Gasteiger partial charge is 0.430 e. The molecule has 1 atom stereocenters. The molecule has 0 bridgehead atoms. The van der Waals surface area contributed by atoms with Crippen LogP contribution in [0.15, 0.2) is 66.9 Å². The van der Waals surface area contributed by atoms with Crippen molar-refractivity contribution in [3.63, 3.8) is 0 Å². The molecule has 1 unspecified atom stereocenters. The second-order valence-electron chi connectivity index (χ2n) is 4.32. The van der Waals surface area contributed by atoms with Crippen molar-refractivity contribution in [1.29, 1.82) is 0 Å². The van der Waals surface area contributed by atoms with Crippen LogP contribution in [0.3, 0.4) is 0 Å². The van der Waals surface area contributed by atoms with Crippen molar-refractivity contribution in [1.82, 2.24) is 5.32 Å². The number of carbonyl (C=O) groups is 1. The SMILES string of the molecule is O=C1OC=C(c2ccccc2)NC1c1ccccc1. The maximum absolute atomic E-state index is 11.8. The predicted molar refractivity (Wildman–Crippen MR) is 72.8 cm³/mol. The standard InChI is InChI=1S/C16H13NO2/c18-16-15(13-9-5-2-6-10-13)17-14(11-19-16)12-7-3-1-4-8-12/h1-11,15,17H. The van der Waals surface area contributed by atoms with Crippen LogP contribution in [0.1, 0.15) is 17.2 Å². The van der Waals surface area contributed by atoms with Crippen LogP contribution in [0.4, 0.5) is 0 Å². The number of carbonyl (C=O) groups excluding carboxylic acids is 1. The molecular formula is C16H13NO2.